The van der Waals surface area contributed by atoms with Crippen LogP contribution < -0.4 is 32.8 Å². The molecule has 0 aliphatic carbocycles. The van der Waals surface area contributed by atoms with Gasteiger partial charge in [-0.25, -0.2) is 42.6 Å². The minimum Gasteiger partial charge on any atom is -0.387 e. The van der Waals surface area contributed by atoms with Gasteiger partial charge in [-0.1, -0.05) is 4.98 Å². The molecular weight excluding hydrogens is 1170 g/mol. The zero-order valence-corrected chi connectivity index (χ0v) is 45.5. The fourth-order valence-corrected chi connectivity index (χ4v) is 13.3. The number of likely N-dealkylation sites (N-methyl/N-ethyl adjacent to an activating group) is 1. The number of phosphoric acid groups is 4. The Bertz CT molecular complexity index is 3470. The lowest BCUT2D eigenvalue weighted by Gasteiger charge is -2.26. The van der Waals surface area contributed by atoms with Crippen molar-refractivity contribution in [2.45, 2.75) is 73.9 Å². The first-order valence-corrected chi connectivity index (χ1v) is 29.1. The van der Waals surface area contributed by atoms with Gasteiger partial charge in [-0.2, -0.15) is 8.62 Å². The molecule has 0 aromatic carbocycles. The van der Waals surface area contributed by atoms with Crippen molar-refractivity contribution < 1.29 is 113 Å². The molecular formula is C37H54N13O26P4+. The standard InChI is InChI=1S/C37H53N13O26P4/c1-46(7-8-66-3)21(52)9-16-17(71-33(24(16)53)50-15-47(2)23-31(50)44-36(39)45-32(23)56)10-69-78(60,61)75-80(64,65)76-79(62,63)70-12-19-27(28(67-4)35(73-19)49-14-42-22-29(38)40-13-41-30(22)49)74-77(58,59)68-11-18-25(54)26(55)34(72-18)48-6-5-20(51)43-37(48)57/h5-6,13-19,24-28,33-35,53-55H,7-12H2,1-4H3,(H9-,38,39,40,41,43,44,45,51,56,57,58,59,60,61,62,63,64,65)/p+1/t16?,17-,18-,19-,24-,25-,26-,27-,28-,33?,34-,35-/m1/s1. The molecule has 3 saturated heterocycles. The van der Waals surface area contributed by atoms with Gasteiger partial charge in [0.15, 0.2) is 30.2 Å². The number of nitrogens with two attached hydrogens (primary N) is 2. The third-order valence-electron chi connectivity index (χ3n) is 12.6. The Morgan fingerprint density at radius 2 is 1.46 bits per heavy atom. The number of ether oxygens (including phenoxy) is 5. The monoisotopic (exact) mass is 1220 g/mol. The molecule has 8 heterocycles. The van der Waals surface area contributed by atoms with E-state index in [0.29, 0.717) is 0 Å². The van der Waals surface area contributed by atoms with Crippen molar-refractivity contribution in [2.24, 2.45) is 13.0 Å². The van der Waals surface area contributed by atoms with Gasteiger partial charge in [-0.05, 0) is 0 Å². The van der Waals surface area contributed by atoms with E-state index in [2.05, 4.69) is 33.5 Å². The van der Waals surface area contributed by atoms with Crippen LogP contribution in [0.15, 0.2) is 45.6 Å². The molecule has 43 heteroatoms. The number of hydrogen-bond donors (Lipinski definition) is 11. The summed E-state index contributed by atoms with van der Waals surface area (Å²) in [6.07, 6.45) is -14.5. The molecule has 6 unspecified atom stereocenters. The number of carbonyl (C=O) groups is 1. The number of H-pyrrole nitrogens is 2. The van der Waals surface area contributed by atoms with E-state index in [9.17, 15) is 72.3 Å². The molecule has 16 atom stereocenters. The number of nitrogen functional groups attached to an aromatic ring is 2. The van der Waals surface area contributed by atoms with Crippen molar-refractivity contribution in [1.29, 1.82) is 0 Å². The molecule has 0 bridgehead atoms. The summed E-state index contributed by atoms with van der Waals surface area (Å²) in [5.74, 6) is -2.26. The Morgan fingerprint density at radius 3 is 2.12 bits per heavy atom. The quantitative estimate of drug-likeness (QED) is 0.0206. The molecule has 39 nitrogen and oxygen atoms in total. The largest absolute Gasteiger partial charge is 0.490 e. The van der Waals surface area contributed by atoms with E-state index in [4.69, 9.17) is 53.2 Å². The highest BCUT2D eigenvalue weighted by atomic mass is 31.3. The third kappa shape index (κ3) is 13.3. The van der Waals surface area contributed by atoms with Gasteiger partial charge in [0.25, 0.3) is 17.1 Å². The first kappa shape index (κ1) is 60.9. The van der Waals surface area contributed by atoms with E-state index in [1.807, 2.05) is 4.98 Å². The minimum absolute atomic E-state index is 0.00461. The summed E-state index contributed by atoms with van der Waals surface area (Å²) in [4.78, 5) is 115. The number of aromatic amines is 2. The maximum atomic E-state index is 13.6. The number of aliphatic hydroxyl groups is 3. The van der Waals surface area contributed by atoms with Gasteiger partial charge >= 0.3 is 42.6 Å². The Morgan fingerprint density at radius 1 is 0.812 bits per heavy atom. The predicted molar refractivity (Wildman–Crippen MR) is 259 cm³/mol. The summed E-state index contributed by atoms with van der Waals surface area (Å²) in [5, 5.41) is 32.9. The highest BCUT2D eigenvalue weighted by molar-refractivity contribution is 7.66. The summed E-state index contributed by atoms with van der Waals surface area (Å²) < 4.78 is 115. The number of carbonyl (C=O) groups excluding carboxylic acids is 1. The molecule has 0 spiro atoms. The topological polar surface area (TPSA) is 537 Å². The predicted octanol–water partition coefficient (Wildman–Crippen LogP) is -4.13. The fraction of sp³-hybridized carbons (Fsp3) is 0.595. The molecule has 8 rings (SSSR count). The van der Waals surface area contributed by atoms with E-state index < -0.39 is 154 Å². The summed E-state index contributed by atoms with van der Waals surface area (Å²) in [6, 6.07) is 0.920. The average Bonchev–Trinajstić information content (AvgIpc) is 4.36. The van der Waals surface area contributed by atoms with Crippen molar-refractivity contribution in [1.82, 2.24) is 48.5 Å². The Labute approximate surface area is 446 Å². The molecule has 5 aromatic rings. The van der Waals surface area contributed by atoms with E-state index in [1.165, 1.54) is 46.1 Å². The SMILES string of the molecule is COCCN(C)C(=O)CC1[C@@H](O)C([n+]2cn(C)c3c(=O)[nH]c(N)nc32)O[C@@H]1COP(=O)(O)OP(=O)(O)OP(=O)(O)OC[C@H]1O[C@@H](n2cnc3c(N)ncnc32)[C@H](OC)[C@@H]1OP(=O)(O)OC[C@H]1O[C@@H](n2ccc(=O)[nH]c2=O)[C@H](O)[C@@H]1O. The number of anilines is 2. The number of hydrogen-bond acceptors (Lipinski definition) is 28. The second-order valence-electron chi connectivity index (χ2n) is 17.9. The van der Waals surface area contributed by atoms with E-state index >= 15 is 0 Å². The second kappa shape index (κ2) is 24.0. The molecule has 13 N–H and O–H groups in total. The first-order chi connectivity index (χ1) is 37.5. The van der Waals surface area contributed by atoms with Crippen LogP contribution in [0, 0.1) is 5.92 Å². The van der Waals surface area contributed by atoms with Crippen LogP contribution in [-0.2, 0) is 80.5 Å². The normalized spacial score (nSPS) is 29.1. The minimum atomic E-state index is -6.26. The Kier molecular flexibility index (Phi) is 18.3. The van der Waals surface area contributed by atoms with Crippen LogP contribution in [0.5, 0.6) is 0 Å². The van der Waals surface area contributed by atoms with E-state index in [1.54, 1.807) is 0 Å². The third-order valence-corrected chi connectivity index (χ3v) is 17.8. The van der Waals surface area contributed by atoms with Crippen molar-refractivity contribution in [3.8, 4) is 0 Å². The number of phosphoric ester groups is 3. The molecule has 5 aromatic heterocycles. The average molecular weight is 1220 g/mol. The number of fused-ring (bicyclic) bond motifs is 2. The molecule has 80 heavy (non-hydrogen) atoms. The molecule has 442 valence electrons. The lowest BCUT2D eigenvalue weighted by atomic mass is 9.94. The summed E-state index contributed by atoms with van der Waals surface area (Å²) in [5.41, 5.74) is 9.15. The van der Waals surface area contributed by atoms with Crippen LogP contribution >= 0.6 is 31.3 Å². The van der Waals surface area contributed by atoms with Gasteiger partial charge in [0, 0.05) is 52.4 Å². The summed E-state index contributed by atoms with van der Waals surface area (Å²) in [7, 11) is -18.3. The smallest absolute Gasteiger partial charge is 0.387 e. The van der Waals surface area contributed by atoms with Gasteiger partial charge in [0.1, 0.15) is 54.6 Å². The molecule has 0 radical (unpaired) electrons. The van der Waals surface area contributed by atoms with Crippen molar-refractivity contribution in [2.75, 3.05) is 65.7 Å². The lowest BCUT2D eigenvalue weighted by Crippen LogP contribution is -2.45. The van der Waals surface area contributed by atoms with Crippen LogP contribution in [0.2, 0.25) is 0 Å². The number of amides is 1. The Hall–Kier alpha value is -5.15. The number of nitrogens with one attached hydrogen (secondary N) is 2. The van der Waals surface area contributed by atoms with Crippen LogP contribution in [-0.4, -0.2) is 192 Å². The zero-order valence-electron chi connectivity index (χ0n) is 41.9. The second-order valence-corrected chi connectivity index (χ2v) is 23.9. The number of aromatic nitrogens is 10. The van der Waals surface area contributed by atoms with Gasteiger partial charge in [0.2, 0.25) is 17.7 Å². The van der Waals surface area contributed by atoms with Crippen molar-refractivity contribution in [3.63, 3.8) is 0 Å². The van der Waals surface area contributed by atoms with Crippen LogP contribution in [0.3, 0.4) is 0 Å². The molecule has 0 saturated carbocycles. The number of aliphatic hydroxyl groups excluding tert-OH is 3. The van der Waals surface area contributed by atoms with Gasteiger partial charge < -0.3 is 74.9 Å². The summed E-state index contributed by atoms with van der Waals surface area (Å²) >= 11 is 0. The molecule has 3 fully saturated rings. The maximum absolute atomic E-state index is 13.6. The fourth-order valence-electron chi connectivity index (χ4n) is 8.84. The molecule has 3 aliphatic rings. The number of methoxy groups -OCH3 is 2. The number of aryl methyl sites for hydroxylation is 1. The molecule has 3 aliphatic heterocycles. The number of nitrogens with zero attached hydrogens (tertiary/aromatic N) is 9. The maximum Gasteiger partial charge on any atom is 0.490 e. The first-order valence-electron chi connectivity index (χ1n) is 23.2. The zero-order chi connectivity index (χ0) is 58.4. The number of rotatable bonds is 24. The highest BCUT2D eigenvalue weighted by Gasteiger charge is 2.54. The lowest BCUT2D eigenvalue weighted by molar-refractivity contribution is -0.745. The Balaban J connectivity index is 0.955. The van der Waals surface area contributed by atoms with Gasteiger partial charge in [-0.3, -0.25) is 56.1 Å². The number of imidazole rings is 2. The van der Waals surface area contributed by atoms with Crippen LogP contribution in [0.1, 0.15) is 25.1 Å². The molecule has 1 amide bonds. The van der Waals surface area contributed by atoms with Gasteiger partial charge in [0.05, 0.1) is 45.9 Å². The van der Waals surface area contributed by atoms with Gasteiger partial charge in [-0.15, -0.1) is 0 Å². The van der Waals surface area contributed by atoms with Crippen molar-refractivity contribution >= 4 is 71.3 Å². The summed E-state index contributed by atoms with van der Waals surface area (Å²) in [6.45, 7) is -3.16. The highest BCUT2D eigenvalue weighted by Crippen LogP contribution is 2.68. The van der Waals surface area contributed by atoms with Crippen molar-refractivity contribution in [3.05, 3.63) is 62.4 Å². The van der Waals surface area contributed by atoms with Crippen LogP contribution in [0.4, 0.5) is 11.8 Å². The van der Waals surface area contributed by atoms with Crippen LogP contribution in [0.25, 0.3) is 22.3 Å². The van der Waals surface area contributed by atoms with E-state index in [-0.39, 0.29) is 47.2 Å². The van der Waals surface area contributed by atoms with E-state index in [0.717, 1.165) is 36.6 Å².